The Hall–Kier alpha value is -2.74. The highest BCUT2D eigenvalue weighted by molar-refractivity contribution is 7.90. The molecule has 0 aliphatic carbocycles. The Labute approximate surface area is 138 Å². The van der Waals surface area contributed by atoms with Gasteiger partial charge in [-0.05, 0) is 37.6 Å². The van der Waals surface area contributed by atoms with Gasteiger partial charge in [-0.25, -0.2) is 8.42 Å². The number of hydrogen-bond acceptors (Lipinski definition) is 6. The molecular weight excluding hydrogens is 330 g/mol. The summed E-state index contributed by atoms with van der Waals surface area (Å²) in [6.45, 7) is 3.42. The number of sulfone groups is 1. The van der Waals surface area contributed by atoms with Crippen LogP contribution in [0.5, 0.6) is 0 Å². The number of H-pyrrole nitrogens is 1. The molecule has 0 saturated heterocycles. The third kappa shape index (κ3) is 2.76. The number of nitrogens with zero attached hydrogens (tertiary/aromatic N) is 2. The summed E-state index contributed by atoms with van der Waals surface area (Å²) in [7, 11) is -3.51. The highest BCUT2D eigenvalue weighted by Gasteiger charge is 2.24. The average Bonchev–Trinajstić information content (AvgIpc) is 3.16. The van der Waals surface area contributed by atoms with Crippen LogP contribution < -0.4 is 0 Å². The molecule has 0 spiro atoms. The Bertz CT molecular complexity index is 1020. The third-order valence-corrected chi connectivity index (χ3v) is 4.83. The molecule has 7 nitrogen and oxygen atoms in total. The predicted molar refractivity (Wildman–Crippen MR) is 86.5 cm³/mol. The zero-order valence-electron chi connectivity index (χ0n) is 13.3. The standard InChI is InChI=1S/C16H15N3O4S/c1-9-8-13(23-19-9)15-10(2)11(4-5-14(15)24(3,21)22)16(20)12-6-7-17-18-12/h4-8H,1-3H3,(H,17,18). The molecule has 0 amide bonds. The van der Waals surface area contributed by atoms with Gasteiger partial charge in [-0.15, -0.1) is 0 Å². The quantitative estimate of drug-likeness (QED) is 0.727. The minimum Gasteiger partial charge on any atom is -0.356 e. The van der Waals surface area contributed by atoms with Gasteiger partial charge in [0.25, 0.3) is 0 Å². The van der Waals surface area contributed by atoms with Gasteiger partial charge in [0.05, 0.1) is 10.6 Å². The first-order valence-corrected chi connectivity index (χ1v) is 8.99. The Balaban J connectivity index is 2.27. The van der Waals surface area contributed by atoms with E-state index in [9.17, 15) is 13.2 Å². The number of aromatic nitrogens is 3. The van der Waals surface area contributed by atoms with Gasteiger partial charge in [-0.2, -0.15) is 5.10 Å². The number of benzene rings is 1. The molecule has 124 valence electrons. The topological polar surface area (TPSA) is 106 Å². The number of carbonyl (C=O) groups is 1. The van der Waals surface area contributed by atoms with Gasteiger partial charge >= 0.3 is 0 Å². The maximum absolute atomic E-state index is 12.6. The zero-order chi connectivity index (χ0) is 17.5. The van der Waals surface area contributed by atoms with Gasteiger partial charge in [0.2, 0.25) is 5.78 Å². The van der Waals surface area contributed by atoms with Crippen molar-refractivity contribution in [3.63, 3.8) is 0 Å². The van der Waals surface area contributed by atoms with Gasteiger partial charge < -0.3 is 4.52 Å². The van der Waals surface area contributed by atoms with Crippen molar-refractivity contribution in [2.45, 2.75) is 18.7 Å². The molecule has 2 heterocycles. The molecule has 1 aromatic carbocycles. The first kappa shape index (κ1) is 16.1. The van der Waals surface area contributed by atoms with E-state index >= 15 is 0 Å². The van der Waals surface area contributed by atoms with Gasteiger partial charge in [-0.3, -0.25) is 9.89 Å². The maximum Gasteiger partial charge on any atom is 0.211 e. The second kappa shape index (κ2) is 5.72. The summed E-state index contributed by atoms with van der Waals surface area (Å²) in [5.74, 6) is 0.0345. The molecule has 0 unspecified atom stereocenters. The van der Waals surface area contributed by atoms with Gasteiger partial charge in [0.1, 0.15) is 5.69 Å². The number of nitrogens with one attached hydrogen (secondary N) is 1. The largest absolute Gasteiger partial charge is 0.356 e. The second-order valence-electron chi connectivity index (χ2n) is 5.52. The fourth-order valence-corrected chi connectivity index (χ4v) is 3.50. The van der Waals surface area contributed by atoms with E-state index in [0.717, 1.165) is 6.26 Å². The normalized spacial score (nSPS) is 11.6. The van der Waals surface area contributed by atoms with Crippen molar-refractivity contribution in [1.82, 2.24) is 15.4 Å². The molecule has 3 rings (SSSR count). The molecule has 0 saturated carbocycles. The molecule has 0 bridgehead atoms. The second-order valence-corrected chi connectivity index (χ2v) is 7.50. The summed E-state index contributed by atoms with van der Waals surface area (Å²) >= 11 is 0. The molecule has 3 aromatic rings. The van der Waals surface area contributed by atoms with E-state index in [-0.39, 0.29) is 10.7 Å². The zero-order valence-corrected chi connectivity index (χ0v) is 14.1. The highest BCUT2D eigenvalue weighted by atomic mass is 32.2. The molecule has 0 fully saturated rings. The molecule has 2 aromatic heterocycles. The van der Waals surface area contributed by atoms with Gasteiger partial charge in [-0.1, -0.05) is 5.16 Å². The fourth-order valence-electron chi connectivity index (χ4n) is 2.56. The van der Waals surface area contributed by atoms with Crippen LogP contribution in [0.4, 0.5) is 0 Å². The van der Waals surface area contributed by atoms with E-state index in [1.807, 2.05) is 0 Å². The molecule has 8 heteroatoms. The molecule has 0 atom stereocenters. The van der Waals surface area contributed by atoms with Crippen LogP contribution in [-0.2, 0) is 9.84 Å². The Morgan fingerprint density at radius 2 is 1.96 bits per heavy atom. The summed E-state index contributed by atoms with van der Waals surface area (Å²) in [4.78, 5) is 12.7. The van der Waals surface area contributed by atoms with Crippen molar-refractivity contribution in [3.8, 4) is 11.3 Å². The lowest BCUT2D eigenvalue weighted by molar-refractivity contribution is 0.103. The summed E-state index contributed by atoms with van der Waals surface area (Å²) < 4.78 is 29.5. The number of rotatable bonds is 4. The van der Waals surface area contributed by atoms with E-state index in [4.69, 9.17) is 4.52 Å². The summed E-state index contributed by atoms with van der Waals surface area (Å²) in [6.07, 6.45) is 2.60. The van der Waals surface area contributed by atoms with Crippen LogP contribution >= 0.6 is 0 Å². The Kier molecular flexibility index (Phi) is 3.84. The predicted octanol–water partition coefficient (Wildman–Crippen LogP) is 2.32. The summed E-state index contributed by atoms with van der Waals surface area (Å²) in [5, 5.41) is 10.2. The van der Waals surface area contributed by atoms with Crippen molar-refractivity contribution < 1.29 is 17.7 Å². The first-order valence-electron chi connectivity index (χ1n) is 7.10. The number of hydrogen-bond donors (Lipinski definition) is 1. The lowest BCUT2D eigenvalue weighted by Crippen LogP contribution is -2.09. The summed E-state index contributed by atoms with van der Waals surface area (Å²) in [6, 6.07) is 6.12. The lowest BCUT2D eigenvalue weighted by atomic mass is 9.96. The third-order valence-electron chi connectivity index (χ3n) is 3.69. The highest BCUT2D eigenvalue weighted by Crippen LogP contribution is 2.33. The van der Waals surface area contributed by atoms with Crippen LogP contribution in [0.3, 0.4) is 0 Å². The van der Waals surface area contributed by atoms with Crippen LogP contribution in [0.25, 0.3) is 11.3 Å². The van der Waals surface area contributed by atoms with E-state index in [1.165, 1.54) is 18.3 Å². The first-order chi connectivity index (χ1) is 11.3. The van der Waals surface area contributed by atoms with Crippen molar-refractivity contribution in [2.24, 2.45) is 0 Å². The van der Waals surface area contributed by atoms with E-state index in [2.05, 4.69) is 15.4 Å². The average molecular weight is 345 g/mol. The molecule has 0 aliphatic rings. The SMILES string of the molecule is Cc1cc(-c2c(S(C)(=O)=O)ccc(C(=O)c3ccn[nH]3)c2C)on1. The minimum atomic E-state index is -3.51. The van der Waals surface area contributed by atoms with Crippen molar-refractivity contribution in [3.05, 3.63) is 53.0 Å². The summed E-state index contributed by atoms with van der Waals surface area (Å²) in [5.41, 5.74) is 2.17. The molecule has 1 N–H and O–H groups in total. The minimum absolute atomic E-state index is 0.0947. The van der Waals surface area contributed by atoms with Crippen molar-refractivity contribution in [1.29, 1.82) is 0 Å². The van der Waals surface area contributed by atoms with Crippen LogP contribution in [0.2, 0.25) is 0 Å². The van der Waals surface area contributed by atoms with Crippen LogP contribution in [0.1, 0.15) is 27.3 Å². The molecule has 0 aliphatic heterocycles. The molecule has 0 radical (unpaired) electrons. The smallest absolute Gasteiger partial charge is 0.211 e. The Morgan fingerprint density at radius 3 is 2.50 bits per heavy atom. The van der Waals surface area contributed by atoms with E-state index in [1.54, 1.807) is 26.0 Å². The van der Waals surface area contributed by atoms with Crippen LogP contribution in [-0.4, -0.2) is 35.8 Å². The van der Waals surface area contributed by atoms with Crippen molar-refractivity contribution >= 4 is 15.6 Å². The van der Waals surface area contributed by atoms with E-state index < -0.39 is 9.84 Å². The molecular formula is C16H15N3O4S. The van der Waals surface area contributed by atoms with Gasteiger partial charge in [0.15, 0.2) is 15.6 Å². The van der Waals surface area contributed by atoms with Crippen LogP contribution in [0, 0.1) is 13.8 Å². The van der Waals surface area contributed by atoms with Gasteiger partial charge in [0, 0.05) is 29.6 Å². The number of aromatic amines is 1. The van der Waals surface area contributed by atoms with Crippen LogP contribution in [0.15, 0.2) is 39.9 Å². The number of aryl methyl sites for hydroxylation is 1. The van der Waals surface area contributed by atoms with Crippen molar-refractivity contribution in [2.75, 3.05) is 6.26 Å². The fraction of sp³-hybridized carbons (Fsp3) is 0.188. The Morgan fingerprint density at radius 1 is 1.21 bits per heavy atom. The monoisotopic (exact) mass is 345 g/mol. The number of carbonyl (C=O) groups excluding carboxylic acids is 1. The maximum atomic E-state index is 12.6. The number of ketones is 1. The van der Waals surface area contributed by atoms with E-state index in [0.29, 0.717) is 33.8 Å². The lowest BCUT2D eigenvalue weighted by Gasteiger charge is -2.12. The molecule has 24 heavy (non-hydrogen) atoms.